The number of rotatable bonds is 3. The minimum atomic E-state index is 0.0839. The van der Waals surface area contributed by atoms with Crippen molar-refractivity contribution in [2.45, 2.75) is 52.0 Å². The van der Waals surface area contributed by atoms with E-state index in [1.54, 1.807) is 4.68 Å². The van der Waals surface area contributed by atoms with Crippen molar-refractivity contribution in [3.63, 3.8) is 0 Å². The SMILES string of the molecule is Cc1cc(C(=O)N2CCC3(CC2)CC(c2noc(C(C)C)n2)N(C)C3)n(C)n1. The van der Waals surface area contributed by atoms with Gasteiger partial charge in [-0.1, -0.05) is 19.0 Å². The standard InChI is InChI=1S/C20H30N6O2/c1-13(2)18-21-17(23-28-18)16-11-20(12-24(16)4)6-8-26(9-7-20)19(27)15-10-14(3)22-25(15)5/h10,13,16H,6-9,11-12H2,1-5H3. The van der Waals surface area contributed by atoms with Gasteiger partial charge in [0.1, 0.15) is 5.69 Å². The number of piperidine rings is 1. The summed E-state index contributed by atoms with van der Waals surface area (Å²) >= 11 is 0. The van der Waals surface area contributed by atoms with Crippen molar-refractivity contribution in [2.24, 2.45) is 12.5 Å². The molecule has 4 rings (SSSR count). The summed E-state index contributed by atoms with van der Waals surface area (Å²) in [6.07, 6.45) is 3.03. The molecule has 2 aliphatic rings. The Morgan fingerprint density at radius 1 is 1.29 bits per heavy atom. The van der Waals surface area contributed by atoms with Crippen molar-refractivity contribution >= 4 is 5.91 Å². The van der Waals surface area contributed by atoms with Gasteiger partial charge in [0, 0.05) is 32.6 Å². The molecule has 0 radical (unpaired) electrons. The molecule has 1 spiro atoms. The van der Waals surface area contributed by atoms with Crippen LogP contribution in [-0.2, 0) is 7.05 Å². The van der Waals surface area contributed by atoms with Gasteiger partial charge in [-0.25, -0.2) is 0 Å². The van der Waals surface area contributed by atoms with Crippen LogP contribution < -0.4 is 0 Å². The molecule has 8 heteroatoms. The summed E-state index contributed by atoms with van der Waals surface area (Å²) in [6, 6.07) is 2.06. The lowest BCUT2D eigenvalue weighted by Gasteiger charge is -2.39. The second-order valence-electron chi connectivity index (χ2n) is 8.87. The van der Waals surface area contributed by atoms with Crippen LogP contribution in [0.1, 0.15) is 73.0 Å². The molecule has 4 heterocycles. The van der Waals surface area contributed by atoms with Crippen LogP contribution in [0.5, 0.6) is 0 Å². The molecule has 0 saturated carbocycles. The summed E-state index contributed by atoms with van der Waals surface area (Å²) in [5.41, 5.74) is 1.76. The predicted molar refractivity (Wildman–Crippen MR) is 104 cm³/mol. The molecule has 2 aliphatic heterocycles. The zero-order valence-electron chi connectivity index (χ0n) is 17.5. The highest BCUT2D eigenvalue weighted by molar-refractivity contribution is 5.92. The van der Waals surface area contributed by atoms with Gasteiger partial charge in [-0.15, -0.1) is 0 Å². The average Bonchev–Trinajstić information content (AvgIpc) is 3.33. The minimum absolute atomic E-state index is 0.0839. The first-order valence-electron chi connectivity index (χ1n) is 10.1. The Morgan fingerprint density at radius 3 is 2.57 bits per heavy atom. The molecule has 0 N–H and O–H groups in total. The number of carbonyl (C=O) groups is 1. The molecule has 1 amide bonds. The maximum Gasteiger partial charge on any atom is 0.272 e. The predicted octanol–water partition coefficient (Wildman–Crippen LogP) is 2.53. The fraction of sp³-hybridized carbons (Fsp3) is 0.700. The molecule has 8 nitrogen and oxygen atoms in total. The third kappa shape index (κ3) is 3.34. The van der Waals surface area contributed by atoms with Gasteiger partial charge >= 0.3 is 0 Å². The lowest BCUT2D eigenvalue weighted by molar-refractivity contribution is 0.0583. The van der Waals surface area contributed by atoms with E-state index in [2.05, 4.69) is 41.0 Å². The molecule has 0 aliphatic carbocycles. The van der Waals surface area contributed by atoms with E-state index in [0.717, 1.165) is 50.4 Å². The first-order chi connectivity index (χ1) is 13.3. The normalized spacial score (nSPS) is 22.5. The smallest absolute Gasteiger partial charge is 0.272 e. The summed E-state index contributed by atoms with van der Waals surface area (Å²) in [5, 5.41) is 8.55. The molecule has 2 aromatic rings. The average molecular weight is 387 g/mol. The molecule has 1 atom stereocenters. The molecular weight excluding hydrogens is 356 g/mol. The summed E-state index contributed by atoms with van der Waals surface area (Å²) in [6.45, 7) is 8.62. The topological polar surface area (TPSA) is 80.3 Å². The second kappa shape index (κ2) is 6.99. The summed E-state index contributed by atoms with van der Waals surface area (Å²) in [5.74, 6) is 1.83. The van der Waals surface area contributed by atoms with Crippen LogP contribution in [-0.4, -0.2) is 62.3 Å². The van der Waals surface area contributed by atoms with Gasteiger partial charge in [-0.05, 0) is 44.7 Å². The second-order valence-corrected chi connectivity index (χ2v) is 8.87. The van der Waals surface area contributed by atoms with Crippen LogP contribution in [0.3, 0.4) is 0 Å². The number of likely N-dealkylation sites (tertiary alicyclic amines) is 2. The third-order valence-electron chi connectivity index (χ3n) is 6.33. The van der Waals surface area contributed by atoms with Crippen LogP contribution >= 0.6 is 0 Å². The molecule has 2 fully saturated rings. The monoisotopic (exact) mass is 386 g/mol. The number of nitrogens with zero attached hydrogens (tertiary/aromatic N) is 6. The molecule has 0 bridgehead atoms. The summed E-state index contributed by atoms with van der Waals surface area (Å²) in [4.78, 5) is 21.8. The van der Waals surface area contributed by atoms with Crippen LogP contribution in [0, 0.1) is 12.3 Å². The Bertz CT molecular complexity index is 862. The quantitative estimate of drug-likeness (QED) is 0.806. The van der Waals surface area contributed by atoms with Crippen LogP contribution in [0.25, 0.3) is 0 Å². The van der Waals surface area contributed by atoms with Gasteiger partial charge in [0.05, 0.1) is 11.7 Å². The zero-order valence-corrected chi connectivity index (χ0v) is 17.5. The maximum atomic E-state index is 12.9. The van der Waals surface area contributed by atoms with E-state index in [1.807, 2.05) is 24.9 Å². The van der Waals surface area contributed by atoms with Gasteiger partial charge in [0.15, 0.2) is 5.82 Å². The largest absolute Gasteiger partial charge is 0.339 e. The maximum absolute atomic E-state index is 12.9. The van der Waals surface area contributed by atoms with Crippen molar-refractivity contribution in [1.29, 1.82) is 0 Å². The molecule has 0 aromatic carbocycles. The van der Waals surface area contributed by atoms with Crippen molar-refractivity contribution in [3.8, 4) is 0 Å². The summed E-state index contributed by atoms with van der Waals surface area (Å²) in [7, 11) is 3.97. The lowest BCUT2D eigenvalue weighted by atomic mass is 9.76. The number of hydrogen-bond acceptors (Lipinski definition) is 6. The van der Waals surface area contributed by atoms with Crippen molar-refractivity contribution in [1.82, 2.24) is 29.7 Å². The van der Waals surface area contributed by atoms with E-state index >= 15 is 0 Å². The molecule has 28 heavy (non-hydrogen) atoms. The Hall–Kier alpha value is -2.22. The number of aromatic nitrogens is 4. The fourth-order valence-corrected chi connectivity index (χ4v) is 4.69. The minimum Gasteiger partial charge on any atom is -0.339 e. The molecule has 2 saturated heterocycles. The van der Waals surface area contributed by atoms with Crippen molar-refractivity contribution in [2.75, 3.05) is 26.7 Å². The first-order valence-corrected chi connectivity index (χ1v) is 10.1. The van der Waals surface area contributed by atoms with Crippen molar-refractivity contribution in [3.05, 3.63) is 29.2 Å². The Labute approximate surface area is 165 Å². The fourth-order valence-electron chi connectivity index (χ4n) is 4.69. The van der Waals surface area contributed by atoms with Gasteiger partial charge < -0.3 is 9.42 Å². The highest BCUT2D eigenvalue weighted by Gasteiger charge is 2.46. The molecular formula is C20H30N6O2. The van der Waals surface area contributed by atoms with E-state index in [0.29, 0.717) is 11.6 Å². The Morgan fingerprint density at radius 2 is 2.00 bits per heavy atom. The van der Waals surface area contributed by atoms with E-state index in [1.165, 1.54) is 0 Å². The molecule has 152 valence electrons. The van der Waals surface area contributed by atoms with Gasteiger partial charge in [0.25, 0.3) is 5.91 Å². The first kappa shape index (κ1) is 19.1. The van der Waals surface area contributed by atoms with Crippen molar-refractivity contribution < 1.29 is 9.32 Å². The van der Waals surface area contributed by atoms with E-state index in [9.17, 15) is 4.79 Å². The van der Waals surface area contributed by atoms with Gasteiger partial charge in [0.2, 0.25) is 5.89 Å². The third-order valence-corrected chi connectivity index (χ3v) is 6.33. The molecule has 2 aromatic heterocycles. The Kier molecular flexibility index (Phi) is 4.77. The zero-order chi connectivity index (χ0) is 20.1. The van der Waals surface area contributed by atoms with Crippen LogP contribution in [0.4, 0.5) is 0 Å². The van der Waals surface area contributed by atoms with Crippen LogP contribution in [0.2, 0.25) is 0 Å². The molecule has 1 unspecified atom stereocenters. The lowest BCUT2D eigenvalue weighted by Crippen LogP contribution is -2.44. The Balaban J connectivity index is 1.42. The van der Waals surface area contributed by atoms with Crippen LogP contribution in [0.15, 0.2) is 10.6 Å². The number of aryl methyl sites for hydroxylation is 2. The number of hydrogen-bond donors (Lipinski definition) is 0. The van der Waals surface area contributed by atoms with Gasteiger partial charge in [-0.3, -0.25) is 14.4 Å². The van der Waals surface area contributed by atoms with E-state index in [-0.39, 0.29) is 23.3 Å². The number of amides is 1. The van der Waals surface area contributed by atoms with E-state index in [4.69, 9.17) is 4.52 Å². The summed E-state index contributed by atoms with van der Waals surface area (Å²) < 4.78 is 7.11. The highest BCUT2D eigenvalue weighted by atomic mass is 16.5. The number of carbonyl (C=O) groups excluding carboxylic acids is 1. The highest BCUT2D eigenvalue weighted by Crippen LogP contribution is 2.47. The van der Waals surface area contributed by atoms with Gasteiger partial charge in [-0.2, -0.15) is 10.1 Å². The van der Waals surface area contributed by atoms with E-state index < -0.39 is 0 Å².